The molecular formula is C17H20N2OS. The number of nitrogens with two attached hydrogens (primary N) is 1. The standard InChI is InChI=1S/C17H20N2OS/c1-2-16(21-15-10-8-14(18)9-11-15)17(20)19-12-13-6-4-3-5-7-13/h3-11,16H,2,12,18H2,1H3,(H,19,20). The Balaban J connectivity index is 1.90. The van der Waals surface area contributed by atoms with E-state index in [4.69, 9.17) is 5.73 Å². The molecule has 1 amide bonds. The molecule has 0 bridgehead atoms. The number of rotatable bonds is 6. The molecule has 2 rings (SSSR count). The zero-order valence-corrected chi connectivity index (χ0v) is 12.9. The van der Waals surface area contributed by atoms with Gasteiger partial charge in [0, 0.05) is 17.1 Å². The number of carbonyl (C=O) groups excluding carboxylic acids is 1. The summed E-state index contributed by atoms with van der Waals surface area (Å²) in [6.45, 7) is 2.59. The van der Waals surface area contributed by atoms with Crippen molar-refractivity contribution in [3.8, 4) is 0 Å². The molecule has 0 aromatic heterocycles. The molecule has 0 radical (unpaired) electrons. The van der Waals surface area contributed by atoms with Gasteiger partial charge in [-0.1, -0.05) is 37.3 Å². The highest BCUT2D eigenvalue weighted by Gasteiger charge is 2.17. The first-order valence-corrected chi connectivity index (χ1v) is 7.91. The van der Waals surface area contributed by atoms with E-state index in [0.717, 1.165) is 22.6 Å². The zero-order chi connectivity index (χ0) is 15.1. The summed E-state index contributed by atoms with van der Waals surface area (Å²) in [4.78, 5) is 13.3. The van der Waals surface area contributed by atoms with Crippen molar-refractivity contribution in [1.29, 1.82) is 0 Å². The largest absolute Gasteiger partial charge is 0.399 e. The van der Waals surface area contributed by atoms with E-state index in [2.05, 4.69) is 5.32 Å². The molecule has 0 saturated carbocycles. The molecule has 3 nitrogen and oxygen atoms in total. The van der Waals surface area contributed by atoms with E-state index in [1.165, 1.54) is 0 Å². The maximum absolute atomic E-state index is 12.3. The van der Waals surface area contributed by atoms with E-state index in [1.54, 1.807) is 11.8 Å². The Morgan fingerprint density at radius 1 is 1.14 bits per heavy atom. The molecule has 2 aromatic rings. The van der Waals surface area contributed by atoms with E-state index in [-0.39, 0.29) is 11.2 Å². The Morgan fingerprint density at radius 2 is 1.81 bits per heavy atom. The van der Waals surface area contributed by atoms with Crippen LogP contribution in [0.3, 0.4) is 0 Å². The molecule has 2 aromatic carbocycles. The van der Waals surface area contributed by atoms with Gasteiger partial charge in [0.1, 0.15) is 0 Å². The van der Waals surface area contributed by atoms with Gasteiger partial charge in [-0.15, -0.1) is 11.8 Å². The van der Waals surface area contributed by atoms with Gasteiger partial charge in [0.05, 0.1) is 5.25 Å². The second kappa shape index (κ2) is 7.74. The van der Waals surface area contributed by atoms with Crippen molar-refractivity contribution in [3.63, 3.8) is 0 Å². The SMILES string of the molecule is CCC(Sc1ccc(N)cc1)C(=O)NCc1ccccc1. The highest BCUT2D eigenvalue weighted by molar-refractivity contribution is 8.00. The summed E-state index contributed by atoms with van der Waals surface area (Å²) >= 11 is 1.57. The molecule has 0 aliphatic carbocycles. The second-order valence-corrected chi connectivity index (χ2v) is 6.06. The molecule has 3 N–H and O–H groups in total. The predicted molar refractivity (Wildman–Crippen MR) is 89.1 cm³/mol. The lowest BCUT2D eigenvalue weighted by Gasteiger charge is -2.15. The van der Waals surface area contributed by atoms with Gasteiger partial charge in [0.25, 0.3) is 0 Å². The molecule has 0 aliphatic rings. The molecule has 0 aliphatic heterocycles. The summed E-state index contributed by atoms with van der Waals surface area (Å²) in [5, 5.41) is 2.91. The van der Waals surface area contributed by atoms with E-state index in [0.29, 0.717) is 6.54 Å². The van der Waals surface area contributed by atoms with Gasteiger partial charge in [0.15, 0.2) is 0 Å². The lowest BCUT2D eigenvalue weighted by molar-refractivity contribution is -0.120. The minimum absolute atomic E-state index is 0.0724. The van der Waals surface area contributed by atoms with E-state index in [1.807, 2.05) is 61.5 Å². The topological polar surface area (TPSA) is 55.1 Å². The van der Waals surface area contributed by atoms with Gasteiger partial charge in [-0.25, -0.2) is 0 Å². The quantitative estimate of drug-likeness (QED) is 0.634. The van der Waals surface area contributed by atoms with Gasteiger partial charge in [0.2, 0.25) is 5.91 Å². The van der Waals surface area contributed by atoms with Gasteiger partial charge < -0.3 is 11.1 Å². The lowest BCUT2D eigenvalue weighted by Crippen LogP contribution is -2.31. The summed E-state index contributed by atoms with van der Waals surface area (Å²) in [7, 11) is 0. The fourth-order valence-corrected chi connectivity index (χ4v) is 2.91. The molecule has 21 heavy (non-hydrogen) atoms. The predicted octanol–water partition coefficient (Wildman–Crippen LogP) is 3.46. The van der Waals surface area contributed by atoms with Crippen LogP contribution in [0.15, 0.2) is 59.5 Å². The van der Waals surface area contributed by atoms with Crippen LogP contribution in [0.25, 0.3) is 0 Å². The van der Waals surface area contributed by atoms with Gasteiger partial charge in [-0.05, 0) is 36.2 Å². The molecule has 1 unspecified atom stereocenters. The molecule has 0 fully saturated rings. The van der Waals surface area contributed by atoms with Crippen LogP contribution in [-0.2, 0) is 11.3 Å². The average Bonchev–Trinajstić information content (AvgIpc) is 2.53. The van der Waals surface area contributed by atoms with Crippen LogP contribution in [0.5, 0.6) is 0 Å². The Kier molecular flexibility index (Phi) is 5.69. The van der Waals surface area contributed by atoms with Crippen molar-refractivity contribution >= 4 is 23.4 Å². The van der Waals surface area contributed by atoms with E-state index >= 15 is 0 Å². The normalized spacial score (nSPS) is 11.9. The maximum Gasteiger partial charge on any atom is 0.233 e. The summed E-state index contributed by atoms with van der Waals surface area (Å²) in [6.07, 6.45) is 0.787. The molecule has 110 valence electrons. The third-order valence-electron chi connectivity index (χ3n) is 3.13. The molecular weight excluding hydrogens is 280 g/mol. The number of amides is 1. The third-order valence-corrected chi connectivity index (χ3v) is 4.51. The average molecular weight is 300 g/mol. The van der Waals surface area contributed by atoms with Crippen LogP contribution in [0.2, 0.25) is 0 Å². The first kappa shape index (κ1) is 15.4. The number of nitrogens with one attached hydrogen (secondary N) is 1. The van der Waals surface area contributed by atoms with Crippen molar-refractivity contribution in [2.75, 3.05) is 5.73 Å². The minimum Gasteiger partial charge on any atom is -0.399 e. The van der Waals surface area contributed by atoms with Crippen molar-refractivity contribution in [3.05, 3.63) is 60.2 Å². The highest BCUT2D eigenvalue weighted by Crippen LogP contribution is 2.26. The smallest absolute Gasteiger partial charge is 0.233 e. The summed E-state index contributed by atoms with van der Waals surface area (Å²) in [6, 6.07) is 17.6. The fraction of sp³-hybridized carbons (Fsp3) is 0.235. The Hall–Kier alpha value is -1.94. The van der Waals surface area contributed by atoms with Crippen molar-refractivity contribution in [2.24, 2.45) is 0 Å². The summed E-state index contributed by atoms with van der Waals surface area (Å²) < 4.78 is 0. The number of nitrogen functional groups attached to an aromatic ring is 1. The van der Waals surface area contributed by atoms with E-state index in [9.17, 15) is 4.79 Å². The van der Waals surface area contributed by atoms with Crippen LogP contribution in [0.4, 0.5) is 5.69 Å². The number of thioether (sulfide) groups is 1. The number of hydrogen-bond donors (Lipinski definition) is 2. The summed E-state index contributed by atoms with van der Waals surface area (Å²) in [5.41, 5.74) is 7.52. The van der Waals surface area contributed by atoms with Crippen molar-refractivity contribution in [1.82, 2.24) is 5.32 Å². The summed E-state index contributed by atoms with van der Waals surface area (Å²) in [5.74, 6) is 0.0724. The molecule has 0 spiro atoms. The third kappa shape index (κ3) is 4.83. The van der Waals surface area contributed by atoms with Crippen LogP contribution in [0.1, 0.15) is 18.9 Å². The van der Waals surface area contributed by atoms with Crippen molar-refractivity contribution in [2.45, 2.75) is 30.0 Å². The number of anilines is 1. The Labute approximate surface area is 129 Å². The minimum atomic E-state index is -0.0858. The van der Waals surface area contributed by atoms with Crippen LogP contribution in [-0.4, -0.2) is 11.2 Å². The first-order chi connectivity index (χ1) is 10.2. The molecule has 0 saturated heterocycles. The lowest BCUT2D eigenvalue weighted by atomic mass is 10.2. The molecule has 0 heterocycles. The van der Waals surface area contributed by atoms with Crippen LogP contribution >= 0.6 is 11.8 Å². The van der Waals surface area contributed by atoms with Gasteiger partial charge in [-0.2, -0.15) is 0 Å². The molecule has 4 heteroatoms. The van der Waals surface area contributed by atoms with Gasteiger partial charge in [-0.3, -0.25) is 4.79 Å². The maximum atomic E-state index is 12.3. The first-order valence-electron chi connectivity index (χ1n) is 7.03. The molecule has 1 atom stereocenters. The Morgan fingerprint density at radius 3 is 2.43 bits per heavy atom. The van der Waals surface area contributed by atoms with Crippen LogP contribution < -0.4 is 11.1 Å². The second-order valence-electron chi connectivity index (χ2n) is 4.79. The van der Waals surface area contributed by atoms with Crippen molar-refractivity contribution < 1.29 is 4.79 Å². The number of benzene rings is 2. The van der Waals surface area contributed by atoms with Gasteiger partial charge >= 0.3 is 0 Å². The van der Waals surface area contributed by atoms with Crippen LogP contribution in [0, 0.1) is 0 Å². The number of carbonyl (C=O) groups is 1. The zero-order valence-electron chi connectivity index (χ0n) is 12.1. The fourth-order valence-electron chi connectivity index (χ4n) is 1.93. The Bertz CT molecular complexity index is 569. The number of hydrogen-bond acceptors (Lipinski definition) is 3. The van der Waals surface area contributed by atoms with E-state index < -0.39 is 0 Å². The monoisotopic (exact) mass is 300 g/mol. The highest BCUT2D eigenvalue weighted by atomic mass is 32.2.